The quantitative estimate of drug-likeness (QED) is 0.735. The van der Waals surface area contributed by atoms with Crippen LogP contribution in [0.15, 0.2) is 30.3 Å². The van der Waals surface area contributed by atoms with Gasteiger partial charge in [0.25, 0.3) is 0 Å². The van der Waals surface area contributed by atoms with Gasteiger partial charge in [-0.15, -0.1) is 0 Å². The standard InChI is InChI=1S/C18H18FNO2/c1-20-9-11-6-12(19)3-4-13(11)18-14-8-17(22)16(21)7-10(14)2-5-15(18)20/h3-4,6-8,15,18,21-22H,2,5,9H2,1H3/t15-,18-/m0/s1. The lowest BCUT2D eigenvalue weighted by Crippen LogP contribution is -2.43. The normalized spacial score (nSPS) is 23.5. The summed E-state index contributed by atoms with van der Waals surface area (Å²) in [6, 6.07) is 8.67. The number of phenols is 2. The summed E-state index contributed by atoms with van der Waals surface area (Å²) in [6.07, 6.45) is 1.88. The van der Waals surface area contributed by atoms with E-state index in [1.165, 1.54) is 6.07 Å². The Morgan fingerprint density at radius 3 is 2.64 bits per heavy atom. The minimum atomic E-state index is -0.213. The summed E-state index contributed by atoms with van der Waals surface area (Å²) in [4.78, 5) is 2.26. The maximum absolute atomic E-state index is 13.6. The van der Waals surface area contributed by atoms with Gasteiger partial charge in [0.2, 0.25) is 0 Å². The van der Waals surface area contributed by atoms with E-state index in [2.05, 4.69) is 11.9 Å². The Labute approximate surface area is 128 Å². The van der Waals surface area contributed by atoms with Crippen molar-refractivity contribution in [1.82, 2.24) is 4.90 Å². The Kier molecular flexibility index (Phi) is 2.91. The molecule has 114 valence electrons. The van der Waals surface area contributed by atoms with E-state index in [-0.39, 0.29) is 23.2 Å². The second-order valence-corrected chi connectivity index (χ2v) is 6.38. The average Bonchev–Trinajstić information content (AvgIpc) is 2.48. The molecule has 0 radical (unpaired) electrons. The predicted molar refractivity (Wildman–Crippen MR) is 81.6 cm³/mol. The highest BCUT2D eigenvalue weighted by atomic mass is 19.1. The van der Waals surface area contributed by atoms with Gasteiger partial charge in [0.1, 0.15) is 5.82 Å². The highest BCUT2D eigenvalue weighted by molar-refractivity contribution is 5.53. The van der Waals surface area contributed by atoms with Crippen LogP contribution in [-0.4, -0.2) is 28.2 Å². The number of hydrogen-bond acceptors (Lipinski definition) is 3. The molecule has 2 N–H and O–H groups in total. The van der Waals surface area contributed by atoms with Crippen molar-refractivity contribution in [3.8, 4) is 11.5 Å². The van der Waals surface area contributed by atoms with Crippen molar-refractivity contribution < 1.29 is 14.6 Å². The molecule has 1 heterocycles. The molecule has 0 bridgehead atoms. The molecule has 2 aliphatic rings. The topological polar surface area (TPSA) is 43.7 Å². The van der Waals surface area contributed by atoms with Crippen LogP contribution in [0.2, 0.25) is 0 Å². The highest BCUT2D eigenvalue weighted by Crippen LogP contribution is 2.46. The van der Waals surface area contributed by atoms with E-state index < -0.39 is 0 Å². The molecule has 1 aliphatic carbocycles. The predicted octanol–water partition coefficient (Wildman–Crippen LogP) is 3.13. The maximum atomic E-state index is 13.6. The molecule has 3 nitrogen and oxygen atoms in total. The molecule has 0 spiro atoms. The maximum Gasteiger partial charge on any atom is 0.157 e. The van der Waals surface area contributed by atoms with Crippen LogP contribution in [0.4, 0.5) is 4.39 Å². The Morgan fingerprint density at radius 1 is 1.05 bits per heavy atom. The van der Waals surface area contributed by atoms with Gasteiger partial charge in [0.05, 0.1) is 0 Å². The van der Waals surface area contributed by atoms with Crippen LogP contribution < -0.4 is 0 Å². The zero-order valence-electron chi connectivity index (χ0n) is 12.4. The molecular weight excluding hydrogens is 281 g/mol. The van der Waals surface area contributed by atoms with Crippen LogP contribution in [0.25, 0.3) is 0 Å². The monoisotopic (exact) mass is 299 g/mol. The van der Waals surface area contributed by atoms with Gasteiger partial charge in [-0.25, -0.2) is 4.39 Å². The number of nitrogens with zero attached hydrogens (tertiary/aromatic N) is 1. The lowest BCUT2D eigenvalue weighted by molar-refractivity contribution is 0.178. The molecule has 2 atom stereocenters. The van der Waals surface area contributed by atoms with Gasteiger partial charge in [0.15, 0.2) is 11.5 Å². The summed E-state index contributed by atoms with van der Waals surface area (Å²) in [7, 11) is 2.07. The average molecular weight is 299 g/mol. The van der Waals surface area contributed by atoms with E-state index >= 15 is 0 Å². The Bertz CT molecular complexity index is 759. The first-order chi connectivity index (χ1) is 10.5. The molecule has 0 saturated heterocycles. The zero-order chi connectivity index (χ0) is 15.4. The summed E-state index contributed by atoms with van der Waals surface area (Å²) in [6.45, 7) is 0.744. The summed E-state index contributed by atoms with van der Waals surface area (Å²) in [5, 5.41) is 19.6. The molecule has 0 unspecified atom stereocenters. The SMILES string of the molecule is CN1Cc2cc(F)ccc2[C@H]2c3cc(O)c(O)cc3CC[C@@H]21. The molecule has 0 amide bonds. The van der Waals surface area contributed by atoms with Gasteiger partial charge in [-0.3, -0.25) is 4.90 Å². The second-order valence-electron chi connectivity index (χ2n) is 6.38. The van der Waals surface area contributed by atoms with Crippen LogP contribution in [0.1, 0.15) is 34.6 Å². The first kappa shape index (κ1) is 13.6. The molecule has 0 fully saturated rings. The van der Waals surface area contributed by atoms with Gasteiger partial charge >= 0.3 is 0 Å². The minimum absolute atomic E-state index is 0.0688. The number of fused-ring (bicyclic) bond motifs is 5. The number of halogens is 1. The molecule has 22 heavy (non-hydrogen) atoms. The first-order valence-corrected chi connectivity index (χ1v) is 7.58. The van der Waals surface area contributed by atoms with Crippen LogP contribution in [0.3, 0.4) is 0 Å². The molecule has 4 rings (SSSR count). The van der Waals surface area contributed by atoms with E-state index in [4.69, 9.17) is 0 Å². The third-order valence-electron chi connectivity index (χ3n) is 5.09. The van der Waals surface area contributed by atoms with Crippen LogP contribution >= 0.6 is 0 Å². The van der Waals surface area contributed by atoms with E-state index in [9.17, 15) is 14.6 Å². The van der Waals surface area contributed by atoms with E-state index in [1.807, 2.05) is 6.07 Å². The molecule has 1 aliphatic heterocycles. The van der Waals surface area contributed by atoms with Gasteiger partial charge in [-0.1, -0.05) is 6.07 Å². The fourth-order valence-corrected chi connectivity index (χ4v) is 4.07. The second kappa shape index (κ2) is 4.71. The van der Waals surface area contributed by atoms with Crippen LogP contribution in [0, 0.1) is 5.82 Å². The Morgan fingerprint density at radius 2 is 1.82 bits per heavy atom. The summed E-state index contributed by atoms with van der Waals surface area (Å²) in [5.41, 5.74) is 4.26. The summed E-state index contributed by atoms with van der Waals surface area (Å²) in [5.74, 6) is -0.253. The van der Waals surface area contributed by atoms with Crippen LogP contribution in [-0.2, 0) is 13.0 Å². The molecule has 0 saturated carbocycles. The third-order valence-corrected chi connectivity index (χ3v) is 5.09. The van der Waals surface area contributed by atoms with Crippen molar-refractivity contribution in [2.24, 2.45) is 0 Å². The van der Waals surface area contributed by atoms with Crippen LogP contribution in [0.5, 0.6) is 11.5 Å². The van der Waals surface area contributed by atoms with Crippen molar-refractivity contribution in [3.05, 3.63) is 58.4 Å². The minimum Gasteiger partial charge on any atom is -0.504 e. The molecule has 2 aromatic carbocycles. The number of phenolic OH excluding ortho intramolecular Hbond substituents is 2. The lowest BCUT2D eigenvalue weighted by atomic mass is 9.71. The van der Waals surface area contributed by atoms with Gasteiger partial charge < -0.3 is 10.2 Å². The van der Waals surface area contributed by atoms with Crippen molar-refractivity contribution in [2.75, 3.05) is 7.05 Å². The number of aromatic hydroxyl groups is 2. The molecule has 4 heteroatoms. The fourth-order valence-electron chi connectivity index (χ4n) is 4.07. The number of hydrogen-bond donors (Lipinski definition) is 2. The smallest absolute Gasteiger partial charge is 0.157 e. The van der Waals surface area contributed by atoms with Gasteiger partial charge in [-0.05, 0) is 66.4 Å². The summed E-state index contributed by atoms with van der Waals surface area (Å²) < 4.78 is 13.6. The van der Waals surface area contributed by atoms with Gasteiger partial charge in [-0.2, -0.15) is 0 Å². The number of aryl methyl sites for hydroxylation is 1. The van der Waals surface area contributed by atoms with Crippen molar-refractivity contribution in [2.45, 2.75) is 31.3 Å². The largest absolute Gasteiger partial charge is 0.504 e. The molecular formula is C18H18FNO2. The van der Waals surface area contributed by atoms with E-state index in [0.717, 1.165) is 41.6 Å². The fraction of sp³-hybridized carbons (Fsp3) is 0.333. The van der Waals surface area contributed by atoms with Crippen molar-refractivity contribution in [1.29, 1.82) is 0 Å². The summed E-state index contributed by atoms with van der Waals surface area (Å²) >= 11 is 0. The number of rotatable bonds is 0. The van der Waals surface area contributed by atoms with E-state index in [0.29, 0.717) is 6.04 Å². The molecule has 2 aromatic rings. The van der Waals surface area contributed by atoms with Crippen molar-refractivity contribution in [3.63, 3.8) is 0 Å². The first-order valence-electron chi connectivity index (χ1n) is 7.58. The van der Waals surface area contributed by atoms with Crippen molar-refractivity contribution >= 4 is 0 Å². The van der Waals surface area contributed by atoms with Gasteiger partial charge in [0, 0.05) is 18.5 Å². The highest BCUT2D eigenvalue weighted by Gasteiger charge is 2.38. The van der Waals surface area contributed by atoms with E-state index in [1.54, 1.807) is 18.2 Å². The number of likely N-dealkylation sites (N-methyl/N-ethyl adjacent to an activating group) is 1. The molecule has 0 aromatic heterocycles. The third kappa shape index (κ3) is 1.91. The zero-order valence-corrected chi connectivity index (χ0v) is 12.4. The number of benzene rings is 2. The lowest BCUT2D eigenvalue weighted by Gasteiger charge is -2.44. The Hall–Kier alpha value is -2.07. The Balaban J connectivity index is 1.93.